The molecular formula is C18H22N6O. The number of carbonyl (C=O) groups is 1. The van der Waals surface area contributed by atoms with E-state index in [2.05, 4.69) is 20.2 Å². The molecule has 1 aliphatic heterocycles. The van der Waals surface area contributed by atoms with E-state index in [0.29, 0.717) is 12.2 Å². The maximum absolute atomic E-state index is 13.0. The van der Waals surface area contributed by atoms with Crippen LogP contribution in [0.1, 0.15) is 47.9 Å². The largest absolute Gasteiger partial charge is 0.334 e. The van der Waals surface area contributed by atoms with E-state index in [1.165, 1.54) is 0 Å². The number of aromatic amines is 1. The van der Waals surface area contributed by atoms with Gasteiger partial charge < -0.3 is 4.90 Å². The van der Waals surface area contributed by atoms with Gasteiger partial charge in [-0.15, -0.1) is 0 Å². The monoisotopic (exact) mass is 338 g/mol. The first-order valence-electron chi connectivity index (χ1n) is 8.73. The van der Waals surface area contributed by atoms with Gasteiger partial charge in [0.1, 0.15) is 0 Å². The van der Waals surface area contributed by atoms with Crippen molar-refractivity contribution in [1.29, 1.82) is 0 Å². The third-order valence-corrected chi connectivity index (χ3v) is 5.06. The molecule has 0 aromatic carbocycles. The molecule has 1 amide bonds. The molecule has 0 aliphatic carbocycles. The van der Waals surface area contributed by atoms with E-state index in [4.69, 9.17) is 0 Å². The topological polar surface area (TPSA) is 79.2 Å². The molecule has 1 unspecified atom stereocenters. The molecule has 1 atom stereocenters. The number of nitrogens with zero attached hydrogens (tertiary/aromatic N) is 5. The van der Waals surface area contributed by atoms with E-state index in [1.807, 2.05) is 41.6 Å². The third-order valence-electron chi connectivity index (χ3n) is 5.06. The Balaban J connectivity index is 1.61. The van der Waals surface area contributed by atoms with Crippen LogP contribution in [-0.4, -0.2) is 41.9 Å². The van der Waals surface area contributed by atoms with Crippen LogP contribution in [0.15, 0.2) is 24.7 Å². The Bertz CT molecular complexity index is 892. The molecule has 1 saturated heterocycles. The number of rotatable bonds is 3. The molecule has 1 N–H and O–H groups in total. The zero-order valence-electron chi connectivity index (χ0n) is 14.6. The summed E-state index contributed by atoms with van der Waals surface area (Å²) in [6, 6.07) is 2.02. The predicted molar refractivity (Wildman–Crippen MR) is 93.1 cm³/mol. The van der Waals surface area contributed by atoms with E-state index in [1.54, 1.807) is 6.20 Å². The van der Waals surface area contributed by atoms with Gasteiger partial charge in [0, 0.05) is 36.4 Å². The normalized spacial score (nSPS) is 18.0. The van der Waals surface area contributed by atoms with Gasteiger partial charge in [-0.2, -0.15) is 5.10 Å². The Labute approximate surface area is 146 Å². The minimum Gasteiger partial charge on any atom is -0.334 e. The maximum atomic E-state index is 13.0. The lowest BCUT2D eigenvalue weighted by atomic mass is 9.97. The molecule has 25 heavy (non-hydrogen) atoms. The Hall–Kier alpha value is -2.70. The van der Waals surface area contributed by atoms with Crippen molar-refractivity contribution in [3.8, 4) is 0 Å². The fourth-order valence-corrected chi connectivity index (χ4v) is 3.63. The zero-order valence-corrected chi connectivity index (χ0v) is 14.6. The van der Waals surface area contributed by atoms with Gasteiger partial charge in [-0.3, -0.25) is 14.3 Å². The van der Waals surface area contributed by atoms with Crippen molar-refractivity contribution in [2.45, 2.75) is 45.6 Å². The number of likely N-dealkylation sites (tertiary alicyclic amines) is 1. The lowest BCUT2D eigenvalue weighted by Crippen LogP contribution is -2.39. The summed E-state index contributed by atoms with van der Waals surface area (Å²) >= 11 is 0. The highest BCUT2D eigenvalue weighted by Gasteiger charge is 2.29. The fourth-order valence-electron chi connectivity index (χ4n) is 3.63. The Morgan fingerprint density at radius 1 is 1.32 bits per heavy atom. The number of H-pyrrole nitrogens is 1. The van der Waals surface area contributed by atoms with E-state index >= 15 is 0 Å². The Morgan fingerprint density at radius 3 is 3.00 bits per heavy atom. The summed E-state index contributed by atoms with van der Waals surface area (Å²) in [5, 5.41) is 7.16. The van der Waals surface area contributed by atoms with E-state index in [0.717, 1.165) is 48.5 Å². The third kappa shape index (κ3) is 2.90. The minimum atomic E-state index is 0.0236. The molecule has 7 heteroatoms. The number of aryl methyl sites for hydroxylation is 2. The quantitative estimate of drug-likeness (QED) is 0.795. The van der Waals surface area contributed by atoms with Crippen LogP contribution in [0.3, 0.4) is 0 Å². The molecule has 4 rings (SSSR count). The van der Waals surface area contributed by atoms with Crippen LogP contribution in [0.2, 0.25) is 0 Å². The molecule has 3 aromatic rings. The molecule has 1 fully saturated rings. The first-order chi connectivity index (χ1) is 12.1. The summed E-state index contributed by atoms with van der Waals surface area (Å²) in [5.41, 5.74) is 3.80. The van der Waals surface area contributed by atoms with Gasteiger partial charge in [0.2, 0.25) is 11.7 Å². The molecule has 1 aliphatic rings. The molecule has 4 heterocycles. The summed E-state index contributed by atoms with van der Waals surface area (Å²) in [5.74, 6) is 0.819. The van der Waals surface area contributed by atoms with Crippen molar-refractivity contribution in [1.82, 2.24) is 29.5 Å². The van der Waals surface area contributed by atoms with E-state index in [9.17, 15) is 4.79 Å². The van der Waals surface area contributed by atoms with Gasteiger partial charge >= 0.3 is 0 Å². The number of piperidine rings is 1. The number of amides is 1. The van der Waals surface area contributed by atoms with Crippen LogP contribution in [0.5, 0.6) is 0 Å². The number of fused-ring (bicyclic) bond motifs is 1. The van der Waals surface area contributed by atoms with Crippen molar-refractivity contribution in [3.63, 3.8) is 0 Å². The van der Waals surface area contributed by atoms with Gasteiger partial charge in [0.15, 0.2) is 0 Å². The lowest BCUT2D eigenvalue weighted by molar-refractivity contribution is -0.134. The second kappa shape index (κ2) is 6.31. The number of carbonyl (C=O) groups excluding carboxylic acids is 1. The highest BCUT2D eigenvalue weighted by atomic mass is 16.2. The van der Waals surface area contributed by atoms with E-state index < -0.39 is 0 Å². The van der Waals surface area contributed by atoms with Crippen LogP contribution >= 0.6 is 0 Å². The SMILES string of the molecule is Cc1n[nH]c(C)c1CC(=O)N1CCCCC1c1ccn2ccnc2n1. The number of aromatic nitrogens is 5. The van der Waals surface area contributed by atoms with Crippen molar-refractivity contribution >= 4 is 11.7 Å². The highest BCUT2D eigenvalue weighted by molar-refractivity contribution is 5.79. The fraction of sp³-hybridized carbons (Fsp3) is 0.444. The summed E-state index contributed by atoms with van der Waals surface area (Å²) in [4.78, 5) is 23.9. The van der Waals surface area contributed by atoms with Crippen molar-refractivity contribution in [2.75, 3.05) is 6.54 Å². The second-order valence-electron chi connectivity index (χ2n) is 6.67. The predicted octanol–water partition coefficient (Wildman–Crippen LogP) is 2.37. The summed E-state index contributed by atoms with van der Waals surface area (Å²) in [6.07, 6.45) is 9.05. The van der Waals surface area contributed by atoms with Crippen molar-refractivity contribution in [3.05, 3.63) is 47.3 Å². The summed E-state index contributed by atoms with van der Waals surface area (Å²) in [6.45, 7) is 4.68. The Kier molecular flexibility index (Phi) is 3.99. The molecule has 0 spiro atoms. The van der Waals surface area contributed by atoms with E-state index in [-0.39, 0.29) is 11.9 Å². The molecule has 3 aromatic heterocycles. The van der Waals surface area contributed by atoms with Crippen LogP contribution < -0.4 is 0 Å². The molecule has 130 valence electrons. The molecule has 0 radical (unpaired) electrons. The van der Waals surface area contributed by atoms with Gasteiger partial charge in [-0.05, 0) is 39.2 Å². The zero-order chi connectivity index (χ0) is 17.4. The van der Waals surface area contributed by atoms with Gasteiger partial charge in [0.25, 0.3) is 0 Å². The number of nitrogens with one attached hydrogen (secondary N) is 1. The maximum Gasteiger partial charge on any atom is 0.233 e. The number of imidazole rings is 1. The minimum absolute atomic E-state index is 0.0236. The first kappa shape index (κ1) is 15.8. The standard InChI is InChI=1S/C18H22N6O/c1-12-14(13(2)22-21-12)11-17(25)24-8-4-3-5-16(24)15-6-9-23-10-7-19-18(23)20-15/h6-7,9-10,16H,3-5,8,11H2,1-2H3,(H,21,22). The average Bonchev–Trinajstić information content (AvgIpc) is 3.22. The molecular weight excluding hydrogens is 316 g/mol. The molecule has 7 nitrogen and oxygen atoms in total. The smallest absolute Gasteiger partial charge is 0.233 e. The van der Waals surface area contributed by atoms with Gasteiger partial charge in [0.05, 0.1) is 23.9 Å². The summed E-state index contributed by atoms with van der Waals surface area (Å²) < 4.78 is 1.89. The second-order valence-corrected chi connectivity index (χ2v) is 6.67. The summed E-state index contributed by atoms with van der Waals surface area (Å²) in [7, 11) is 0. The highest BCUT2D eigenvalue weighted by Crippen LogP contribution is 2.30. The van der Waals surface area contributed by atoms with Gasteiger partial charge in [-0.1, -0.05) is 0 Å². The average molecular weight is 338 g/mol. The van der Waals surface area contributed by atoms with Crippen molar-refractivity contribution in [2.24, 2.45) is 0 Å². The molecule has 0 bridgehead atoms. The van der Waals surface area contributed by atoms with Crippen LogP contribution in [-0.2, 0) is 11.2 Å². The van der Waals surface area contributed by atoms with Crippen LogP contribution in [0.25, 0.3) is 5.78 Å². The Morgan fingerprint density at radius 2 is 2.20 bits per heavy atom. The first-order valence-corrected chi connectivity index (χ1v) is 8.73. The van der Waals surface area contributed by atoms with Crippen LogP contribution in [0, 0.1) is 13.8 Å². The van der Waals surface area contributed by atoms with Crippen LogP contribution in [0.4, 0.5) is 0 Å². The number of hydrogen-bond donors (Lipinski definition) is 1. The lowest BCUT2D eigenvalue weighted by Gasteiger charge is -2.35. The van der Waals surface area contributed by atoms with Crippen molar-refractivity contribution < 1.29 is 4.79 Å². The number of hydrogen-bond acceptors (Lipinski definition) is 4. The van der Waals surface area contributed by atoms with Gasteiger partial charge in [-0.25, -0.2) is 9.97 Å². The molecule has 0 saturated carbocycles.